The molecule has 1 aromatic rings. The van der Waals surface area contributed by atoms with E-state index in [4.69, 9.17) is 4.74 Å². The van der Waals surface area contributed by atoms with Gasteiger partial charge in [0.2, 0.25) is 0 Å². The lowest BCUT2D eigenvalue weighted by Crippen LogP contribution is -2.56. The molecule has 1 fully saturated rings. The third kappa shape index (κ3) is 3.36. The van der Waals surface area contributed by atoms with E-state index in [-0.39, 0.29) is 13.0 Å². The fourth-order valence-corrected chi connectivity index (χ4v) is 3.09. The number of hydrogen-bond donors (Lipinski definition) is 3. The summed E-state index contributed by atoms with van der Waals surface area (Å²) in [5.41, 5.74) is 1.23. The van der Waals surface area contributed by atoms with Gasteiger partial charge in [0.1, 0.15) is 0 Å². The molecule has 2 rings (SSSR count). The van der Waals surface area contributed by atoms with Crippen LogP contribution in [0.5, 0.6) is 0 Å². The number of anilines is 1. The van der Waals surface area contributed by atoms with E-state index < -0.39 is 17.5 Å². The monoisotopic (exact) mass is 356 g/mol. The summed E-state index contributed by atoms with van der Waals surface area (Å²) in [6.45, 7) is 4.12. The molecule has 0 radical (unpaired) electrons. The maximum atomic E-state index is 12.1. The highest BCUT2D eigenvalue weighted by molar-refractivity contribution is 9.10. The number of carbonyl (C=O) groups excluding carboxylic acids is 1. The van der Waals surface area contributed by atoms with Gasteiger partial charge in [-0.2, -0.15) is 0 Å². The van der Waals surface area contributed by atoms with Crippen molar-refractivity contribution in [2.75, 3.05) is 18.5 Å². The van der Waals surface area contributed by atoms with Gasteiger partial charge in [0.15, 0.2) is 5.54 Å². The molecular formula is C14H17BrN2O4. The van der Waals surface area contributed by atoms with Crippen LogP contribution < -0.4 is 10.6 Å². The summed E-state index contributed by atoms with van der Waals surface area (Å²) in [5, 5.41) is 14.5. The van der Waals surface area contributed by atoms with Crippen LogP contribution in [-0.2, 0) is 9.53 Å². The quantitative estimate of drug-likeness (QED) is 0.775. The topological polar surface area (TPSA) is 87.7 Å². The number of aliphatic carboxylic acids is 1. The Kier molecular flexibility index (Phi) is 4.53. The van der Waals surface area contributed by atoms with Crippen molar-refractivity contribution in [1.82, 2.24) is 5.32 Å². The Labute approximate surface area is 131 Å². The van der Waals surface area contributed by atoms with E-state index in [1.54, 1.807) is 0 Å². The molecule has 2 amide bonds. The zero-order valence-electron chi connectivity index (χ0n) is 11.8. The first-order chi connectivity index (χ1) is 9.84. The van der Waals surface area contributed by atoms with Crippen molar-refractivity contribution >= 4 is 33.6 Å². The largest absolute Gasteiger partial charge is 0.479 e. The fourth-order valence-electron chi connectivity index (χ4n) is 2.32. The smallest absolute Gasteiger partial charge is 0.332 e. The Bertz CT molecular complexity index is 559. The van der Waals surface area contributed by atoms with E-state index in [0.29, 0.717) is 12.3 Å². The van der Waals surface area contributed by atoms with E-state index in [1.807, 2.05) is 26.0 Å². The van der Waals surface area contributed by atoms with Crippen molar-refractivity contribution in [1.29, 1.82) is 0 Å². The van der Waals surface area contributed by atoms with Crippen LogP contribution in [0, 0.1) is 13.8 Å². The van der Waals surface area contributed by atoms with Gasteiger partial charge in [-0.15, -0.1) is 0 Å². The normalized spacial score (nSPS) is 21.1. The van der Waals surface area contributed by atoms with Crippen LogP contribution in [0.1, 0.15) is 17.5 Å². The molecule has 0 aliphatic carbocycles. The van der Waals surface area contributed by atoms with Gasteiger partial charge < -0.3 is 20.5 Å². The van der Waals surface area contributed by atoms with Crippen LogP contribution in [0.15, 0.2) is 16.6 Å². The Balaban J connectivity index is 2.14. The summed E-state index contributed by atoms with van der Waals surface area (Å²) in [6.07, 6.45) is 0.254. The first-order valence-electron chi connectivity index (χ1n) is 6.51. The number of ether oxygens (including phenoxy) is 1. The molecule has 0 aromatic heterocycles. The molecule has 6 nitrogen and oxygen atoms in total. The lowest BCUT2D eigenvalue weighted by atomic mass is 9.99. The second-order valence-electron chi connectivity index (χ2n) is 5.21. The van der Waals surface area contributed by atoms with Gasteiger partial charge in [-0.25, -0.2) is 9.59 Å². The van der Waals surface area contributed by atoms with Crippen molar-refractivity contribution < 1.29 is 19.4 Å². The molecular weight excluding hydrogens is 340 g/mol. The molecule has 1 aliphatic rings. The number of benzene rings is 1. The Morgan fingerprint density at radius 1 is 1.38 bits per heavy atom. The van der Waals surface area contributed by atoms with Gasteiger partial charge in [-0.05, 0) is 47.0 Å². The molecule has 1 unspecified atom stereocenters. The second-order valence-corrected chi connectivity index (χ2v) is 6.06. The van der Waals surface area contributed by atoms with Crippen molar-refractivity contribution in [2.45, 2.75) is 25.8 Å². The van der Waals surface area contributed by atoms with Crippen molar-refractivity contribution in [2.24, 2.45) is 0 Å². The number of carboxylic acids is 1. The molecule has 114 valence electrons. The summed E-state index contributed by atoms with van der Waals surface area (Å²) < 4.78 is 5.86. The lowest BCUT2D eigenvalue weighted by Gasteiger charge is -2.24. The molecule has 0 bridgehead atoms. The second kappa shape index (κ2) is 6.03. The Morgan fingerprint density at radius 2 is 2.10 bits per heavy atom. The SMILES string of the molecule is Cc1cc(C)c(NC(=O)NC2(C(=O)O)CCOC2)c(Br)c1. The first-order valence-corrected chi connectivity index (χ1v) is 7.30. The van der Waals surface area contributed by atoms with Crippen LogP contribution >= 0.6 is 15.9 Å². The van der Waals surface area contributed by atoms with Crippen LogP contribution in [0.2, 0.25) is 0 Å². The average Bonchev–Trinajstić information content (AvgIpc) is 2.83. The van der Waals surface area contributed by atoms with Crippen molar-refractivity contribution in [3.05, 3.63) is 27.7 Å². The highest BCUT2D eigenvalue weighted by Gasteiger charge is 2.44. The molecule has 1 atom stereocenters. The van der Waals surface area contributed by atoms with Crippen LogP contribution in [0.25, 0.3) is 0 Å². The number of carbonyl (C=O) groups is 2. The summed E-state index contributed by atoms with van der Waals surface area (Å²) in [5.74, 6) is -1.09. The molecule has 0 saturated carbocycles. The van der Waals surface area contributed by atoms with Gasteiger partial charge in [0.05, 0.1) is 12.3 Å². The molecule has 1 saturated heterocycles. The molecule has 0 spiro atoms. The predicted molar refractivity (Wildman–Crippen MR) is 81.6 cm³/mol. The predicted octanol–water partition coefficient (Wildman–Crippen LogP) is 2.43. The molecule has 1 aliphatic heterocycles. The third-order valence-corrected chi connectivity index (χ3v) is 4.08. The van der Waals surface area contributed by atoms with Gasteiger partial charge in [-0.1, -0.05) is 6.07 Å². The highest BCUT2D eigenvalue weighted by Crippen LogP contribution is 2.28. The Morgan fingerprint density at radius 3 is 2.62 bits per heavy atom. The standard InChI is InChI=1S/C14H17BrN2O4/c1-8-5-9(2)11(10(15)6-8)16-13(20)17-14(12(18)19)3-4-21-7-14/h5-6H,3-4,7H2,1-2H3,(H,18,19)(H2,16,17,20). The van der Waals surface area contributed by atoms with Crippen LogP contribution in [0.3, 0.4) is 0 Å². The first kappa shape index (κ1) is 15.8. The molecule has 1 heterocycles. The molecule has 3 N–H and O–H groups in total. The van der Waals surface area contributed by atoms with Gasteiger partial charge in [-0.3, -0.25) is 0 Å². The summed E-state index contributed by atoms with van der Waals surface area (Å²) >= 11 is 3.40. The van der Waals surface area contributed by atoms with Crippen molar-refractivity contribution in [3.8, 4) is 0 Å². The summed E-state index contributed by atoms with van der Waals surface area (Å²) in [7, 11) is 0. The average molecular weight is 357 g/mol. The number of aryl methyl sites for hydroxylation is 2. The van der Waals surface area contributed by atoms with E-state index in [1.165, 1.54) is 0 Å². The maximum Gasteiger partial charge on any atom is 0.332 e. The van der Waals surface area contributed by atoms with Gasteiger partial charge >= 0.3 is 12.0 Å². The van der Waals surface area contributed by atoms with E-state index in [2.05, 4.69) is 26.6 Å². The highest BCUT2D eigenvalue weighted by atomic mass is 79.9. The molecule has 1 aromatic carbocycles. The third-order valence-electron chi connectivity index (χ3n) is 3.45. The fraction of sp³-hybridized carbons (Fsp3) is 0.429. The zero-order valence-corrected chi connectivity index (χ0v) is 13.4. The number of rotatable bonds is 3. The maximum absolute atomic E-state index is 12.1. The minimum atomic E-state index is -1.35. The lowest BCUT2D eigenvalue weighted by molar-refractivity contribution is -0.144. The van der Waals surface area contributed by atoms with Crippen LogP contribution in [0.4, 0.5) is 10.5 Å². The Hall–Kier alpha value is -1.60. The van der Waals surface area contributed by atoms with Crippen LogP contribution in [-0.4, -0.2) is 35.9 Å². The molecule has 7 heteroatoms. The minimum absolute atomic E-state index is 0.0240. The van der Waals surface area contributed by atoms with Gasteiger partial charge in [0.25, 0.3) is 0 Å². The van der Waals surface area contributed by atoms with Crippen molar-refractivity contribution in [3.63, 3.8) is 0 Å². The van der Waals surface area contributed by atoms with E-state index >= 15 is 0 Å². The van der Waals surface area contributed by atoms with E-state index in [0.717, 1.165) is 15.6 Å². The summed E-state index contributed by atoms with van der Waals surface area (Å²) in [6, 6.07) is 3.26. The number of carboxylic acid groups (broad SMARTS) is 1. The number of amides is 2. The van der Waals surface area contributed by atoms with E-state index in [9.17, 15) is 14.7 Å². The molecule has 21 heavy (non-hydrogen) atoms. The number of urea groups is 1. The van der Waals surface area contributed by atoms with Gasteiger partial charge in [0, 0.05) is 17.5 Å². The minimum Gasteiger partial charge on any atom is -0.479 e. The number of halogens is 1. The number of nitrogens with one attached hydrogen (secondary N) is 2. The number of hydrogen-bond acceptors (Lipinski definition) is 3. The summed E-state index contributed by atoms with van der Waals surface area (Å²) in [4.78, 5) is 23.5. The zero-order chi connectivity index (χ0) is 15.6.